The summed E-state index contributed by atoms with van der Waals surface area (Å²) in [5.41, 5.74) is -0.121. The number of nitrogens with one attached hydrogen (secondary N) is 1. The quantitative estimate of drug-likeness (QED) is 0.489. The largest absolute Gasteiger partial charge is 0.495 e. The van der Waals surface area contributed by atoms with Gasteiger partial charge in [-0.2, -0.15) is 0 Å². The topological polar surface area (TPSA) is 121 Å². The van der Waals surface area contributed by atoms with E-state index in [-0.39, 0.29) is 22.9 Å². The van der Waals surface area contributed by atoms with Crippen molar-refractivity contribution in [2.75, 3.05) is 12.4 Å². The van der Waals surface area contributed by atoms with Crippen molar-refractivity contribution in [2.45, 2.75) is 13.0 Å². The summed E-state index contributed by atoms with van der Waals surface area (Å²) in [4.78, 5) is 34.1. The number of anilines is 1. The lowest BCUT2D eigenvalue weighted by Crippen LogP contribution is -2.30. The zero-order valence-corrected chi connectivity index (χ0v) is 12.8. The molecule has 0 saturated carbocycles. The molecule has 0 fully saturated rings. The van der Waals surface area contributed by atoms with Gasteiger partial charge in [-0.05, 0) is 25.1 Å². The number of rotatable bonds is 6. The Kier molecular flexibility index (Phi) is 5.15. The fourth-order valence-electron chi connectivity index (χ4n) is 1.81. The molecule has 0 aliphatic heterocycles. The van der Waals surface area contributed by atoms with Crippen LogP contribution < -0.4 is 10.1 Å². The summed E-state index contributed by atoms with van der Waals surface area (Å²) < 4.78 is 14.9. The number of ether oxygens (including phenoxy) is 2. The number of esters is 1. The van der Waals surface area contributed by atoms with Crippen molar-refractivity contribution in [2.24, 2.45) is 0 Å². The van der Waals surface area contributed by atoms with Gasteiger partial charge >= 0.3 is 5.97 Å². The molecule has 0 saturated heterocycles. The average molecular weight is 334 g/mol. The molecule has 0 aliphatic rings. The van der Waals surface area contributed by atoms with Crippen LogP contribution in [0, 0.1) is 10.1 Å². The van der Waals surface area contributed by atoms with Crippen molar-refractivity contribution in [3.05, 3.63) is 52.5 Å². The first-order chi connectivity index (χ1) is 11.4. The van der Waals surface area contributed by atoms with E-state index in [1.807, 2.05) is 0 Å². The molecule has 1 aromatic carbocycles. The van der Waals surface area contributed by atoms with Crippen LogP contribution in [0.5, 0.6) is 5.75 Å². The van der Waals surface area contributed by atoms with Crippen LogP contribution in [0.25, 0.3) is 0 Å². The predicted octanol–water partition coefficient (Wildman–Crippen LogP) is 2.38. The average Bonchev–Trinajstić information content (AvgIpc) is 3.09. The molecular weight excluding hydrogens is 320 g/mol. The molecule has 9 heteroatoms. The minimum atomic E-state index is -1.15. The second-order valence-electron chi connectivity index (χ2n) is 4.66. The van der Waals surface area contributed by atoms with Gasteiger partial charge in [-0.25, -0.2) is 4.79 Å². The van der Waals surface area contributed by atoms with Crippen LogP contribution in [-0.2, 0) is 9.53 Å². The number of nitrogens with zero attached hydrogens (tertiary/aromatic N) is 1. The summed E-state index contributed by atoms with van der Waals surface area (Å²) in [5, 5.41) is 13.3. The van der Waals surface area contributed by atoms with Gasteiger partial charge in [0.25, 0.3) is 11.6 Å². The third-order valence-corrected chi connectivity index (χ3v) is 3.03. The summed E-state index contributed by atoms with van der Waals surface area (Å²) >= 11 is 0. The van der Waals surface area contributed by atoms with Gasteiger partial charge in [0.2, 0.25) is 5.76 Å². The lowest BCUT2D eigenvalue weighted by molar-refractivity contribution is -0.384. The Morgan fingerprint density at radius 1 is 1.33 bits per heavy atom. The maximum absolute atomic E-state index is 12.1. The highest BCUT2D eigenvalue weighted by atomic mass is 16.6. The van der Waals surface area contributed by atoms with Gasteiger partial charge in [0.1, 0.15) is 5.75 Å². The summed E-state index contributed by atoms with van der Waals surface area (Å²) in [6.45, 7) is 1.36. The summed E-state index contributed by atoms with van der Waals surface area (Å²) in [6.07, 6.45) is 0.154. The number of carbonyl (C=O) groups excluding carboxylic acids is 2. The van der Waals surface area contributed by atoms with Gasteiger partial charge in [0, 0.05) is 12.1 Å². The van der Waals surface area contributed by atoms with Crippen molar-refractivity contribution in [1.29, 1.82) is 0 Å². The lowest BCUT2D eigenvalue weighted by atomic mass is 10.2. The first-order valence-corrected chi connectivity index (χ1v) is 6.80. The molecule has 1 N–H and O–H groups in total. The number of non-ortho nitro benzene ring substituents is 1. The fourth-order valence-corrected chi connectivity index (χ4v) is 1.81. The maximum Gasteiger partial charge on any atom is 0.374 e. The monoisotopic (exact) mass is 334 g/mol. The van der Waals surface area contributed by atoms with Crippen LogP contribution in [0.2, 0.25) is 0 Å². The van der Waals surface area contributed by atoms with Gasteiger partial charge in [0.05, 0.1) is 24.0 Å². The molecular formula is C15H14N2O7. The maximum atomic E-state index is 12.1. The first-order valence-electron chi connectivity index (χ1n) is 6.80. The molecule has 2 aromatic rings. The highest BCUT2D eigenvalue weighted by molar-refractivity contribution is 5.97. The molecule has 126 valence electrons. The SMILES string of the molecule is COc1ccc([N+](=O)[O-])cc1NC(=O)[C@@H](C)OC(=O)c1ccco1. The van der Waals surface area contributed by atoms with Crippen molar-refractivity contribution < 1.29 is 28.4 Å². The van der Waals surface area contributed by atoms with E-state index in [0.717, 1.165) is 6.07 Å². The van der Waals surface area contributed by atoms with Crippen molar-refractivity contribution in [1.82, 2.24) is 0 Å². The number of nitro groups is 1. The van der Waals surface area contributed by atoms with Crippen LogP contribution in [-0.4, -0.2) is 30.0 Å². The standard InChI is InChI=1S/C15H14N2O7/c1-9(24-15(19)13-4-3-7-23-13)14(18)16-11-8-10(17(20)21)5-6-12(11)22-2/h3-9H,1-2H3,(H,16,18)/t9-/m1/s1. The number of carbonyl (C=O) groups is 2. The molecule has 1 heterocycles. The summed E-state index contributed by atoms with van der Waals surface area (Å²) in [7, 11) is 1.36. The van der Waals surface area contributed by atoms with E-state index in [2.05, 4.69) is 5.32 Å². The predicted molar refractivity (Wildman–Crippen MR) is 81.9 cm³/mol. The molecule has 1 amide bonds. The molecule has 24 heavy (non-hydrogen) atoms. The van der Waals surface area contributed by atoms with E-state index in [4.69, 9.17) is 13.9 Å². The van der Waals surface area contributed by atoms with E-state index < -0.39 is 22.9 Å². The Balaban J connectivity index is 2.09. The molecule has 1 atom stereocenters. The molecule has 9 nitrogen and oxygen atoms in total. The highest BCUT2D eigenvalue weighted by Crippen LogP contribution is 2.29. The van der Waals surface area contributed by atoms with Gasteiger partial charge in [-0.3, -0.25) is 14.9 Å². The van der Waals surface area contributed by atoms with Crippen LogP contribution in [0.15, 0.2) is 41.0 Å². The third-order valence-electron chi connectivity index (χ3n) is 3.03. The van der Waals surface area contributed by atoms with Gasteiger partial charge < -0.3 is 19.2 Å². The number of methoxy groups -OCH3 is 1. The minimum Gasteiger partial charge on any atom is -0.495 e. The number of nitro benzene ring substituents is 1. The Morgan fingerprint density at radius 2 is 2.08 bits per heavy atom. The van der Waals surface area contributed by atoms with Crippen molar-refractivity contribution in [3.8, 4) is 5.75 Å². The third kappa shape index (κ3) is 3.88. The molecule has 2 rings (SSSR count). The van der Waals surface area contributed by atoms with Gasteiger partial charge in [-0.1, -0.05) is 0 Å². The van der Waals surface area contributed by atoms with E-state index in [1.165, 1.54) is 44.6 Å². The minimum absolute atomic E-state index is 0.0393. The first kappa shape index (κ1) is 17.0. The highest BCUT2D eigenvalue weighted by Gasteiger charge is 2.22. The summed E-state index contributed by atoms with van der Waals surface area (Å²) in [5.74, 6) is -1.27. The molecule has 0 aliphatic carbocycles. The zero-order chi connectivity index (χ0) is 17.7. The fraction of sp³-hybridized carbons (Fsp3) is 0.200. The van der Waals surface area contributed by atoms with E-state index in [9.17, 15) is 19.7 Å². The number of furan rings is 1. The van der Waals surface area contributed by atoms with E-state index in [1.54, 1.807) is 0 Å². The normalized spacial score (nSPS) is 11.4. The van der Waals surface area contributed by atoms with Crippen molar-refractivity contribution >= 4 is 23.3 Å². The Bertz CT molecular complexity index is 755. The van der Waals surface area contributed by atoms with Crippen LogP contribution >= 0.6 is 0 Å². The molecule has 0 bridgehead atoms. The van der Waals surface area contributed by atoms with Crippen LogP contribution in [0.3, 0.4) is 0 Å². The molecule has 0 unspecified atom stereocenters. The van der Waals surface area contributed by atoms with Crippen LogP contribution in [0.1, 0.15) is 17.5 Å². The summed E-state index contributed by atoms with van der Waals surface area (Å²) in [6, 6.07) is 6.66. The Labute approximate surface area is 136 Å². The van der Waals surface area contributed by atoms with Crippen LogP contribution in [0.4, 0.5) is 11.4 Å². The van der Waals surface area contributed by atoms with Gasteiger partial charge in [0.15, 0.2) is 6.10 Å². The zero-order valence-electron chi connectivity index (χ0n) is 12.8. The Morgan fingerprint density at radius 3 is 2.67 bits per heavy atom. The second-order valence-corrected chi connectivity index (χ2v) is 4.66. The number of hydrogen-bond acceptors (Lipinski definition) is 7. The lowest BCUT2D eigenvalue weighted by Gasteiger charge is -2.14. The van der Waals surface area contributed by atoms with Gasteiger partial charge in [-0.15, -0.1) is 0 Å². The molecule has 1 aromatic heterocycles. The van der Waals surface area contributed by atoms with E-state index >= 15 is 0 Å². The van der Waals surface area contributed by atoms with Crippen molar-refractivity contribution in [3.63, 3.8) is 0 Å². The second kappa shape index (κ2) is 7.27. The number of hydrogen-bond donors (Lipinski definition) is 1. The Hall–Kier alpha value is -3.36. The molecule has 0 radical (unpaired) electrons. The number of benzene rings is 1. The number of amides is 1. The molecule has 0 spiro atoms. The smallest absolute Gasteiger partial charge is 0.374 e. The van der Waals surface area contributed by atoms with E-state index in [0.29, 0.717) is 0 Å².